The van der Waals surface area contributed by atoms with Gasteiger partial charge in [0.2, 0.25) is 5.96 Å². The first-order valence-corrected chi connectivity index (χ1v) is 7.76. The minimum atomic E-state index is -2.79. The molecule has 4 nitrogen and oxygen atoms in total. The van der Waals surface area contributed by atoms with Crippen LogP contribution in [-0.4, -0.2) is 32.6 Å². The molecule has 2 rings (SSSR count). The number of hydrogen-bond acceptors (Lipinski definition) is 3. The van der Waals surface area contributed by atoms with Gasteiger partial charge in [-0.25, -0.2) is 18.0 Å². The smallest absolute Gasteiger partial charge is 0.203 e. The standard InChI is InChI=1S/C13H17F2N3OS/c1-8-13(2,10-7-9(14)5-6-11(10)15)17-12(16)18(3)20(8,4)19/h5-8H,4H2,1-3H3,(H2,16,17)/t8?,13-,20?/m0/s1. The molecule has 110 valence electrons. The number of benzene rings is 1. The lowest BCUT2D eigenvalue weighted by Gasteiger charge is -2.42. The largest absolute Gasteiger partial charge is 0.369 e. The molecule has 1 aliphatic heterocycles. The highest BCUT2D eigenvalue weighted by Gasteiger charge is 2.45. The molecule has 0 aromatic heterocycles. The third-order valence-electron chi connectivity index (χ3n) is 3.95. The second kappa shape index (κ2) is 4.44. The summed E-state index contributed by atoms with van der Waals surface area (Å²) in [6.45, 7) is 3.23. The molecule has 0 aliphatic carbocycles. The van der Waals surface area contributed by atoms with Gasteiger partial charge in [-0.05, 0) is 37.9 Å². The Balaban J connectivity index is 2.74. The van der Waals surface area contributed by atoms with E-state index < -0.39 is 32.1 Å². The SMILES string of the molecule is C=S1(=O)C(C)[C@@](C)(c2cc(F)ccc2F)N=C(N)N1C. The van der Waals surface area contributed by atoms with Crippen molar-refractivity contribution in [2.45, 2.75) is 24.6 Å². The minimum Gasteiger partial charge on any atom is -0.369 e. The Morgan fingerprint density at radius 3 is 2.70 bits per heavy atom. The van der Waals surface area contributed by atoms with Crippen molar-refractivity contribution in [3.63, 3.8) is 0 Å². The van der Waals surface area contributed by atoms with Crippen LogP contribution in [0.3, 0.4) is 0 Å². The fourth-order valence-corrected chi connectivity index (χ4v) is 4.05. The predicted octanol–water partition coefficient (Wildman–Crippen LogP) is 1.46. The number of guanidine groups is 1. The van der Waals surface area contributed by atoms with E-state index >= 15 is 0 Å². The minimum absolute atomic E-state index is 0.00531. The van der Waals surface area contributed by atoms with E-state index in [2.05, 4.69) is 10.9 Å². The van der Waals surface area contributed by atoms with E-state index in [0.717, 1.165) is 18.2 Å². The maximum Gasteiger partial charge on any atom is 0.203 e. The van der Waals surface area contributed by atoms with Crippen molar-refractivity contribution >= 4 is 21.5 Å². The van der Waals surface area contributed by atoms with Crippen LogP contribution < -0.4 is 5.73 Å². The predicted molar refractivity (Wildman–Crippen MR) is 77.8 cm³/mol. The molecule has 1 heterocycles. The Morgan fingerprint density at radius 2 is 2.10 bits per heavy atom. The zero-order valence-corrected chi connectivity index (χ0v) is 12.4. The highest BCUT2D eigenvalue weighted by molar-refractivity contribution is 7.99. The molecule has 0 spiro atoms. The van der Waals surface area contributed by atoms with E-state index in [-0.39, 0.29) is 11.5 Å². The summed E-state index contributed by atoms with van der Waals surface area (Å²) in [5.41, 5.74) is 4.55. The molecule has 1 aromatic rings. The maximum atomic E-state index is 14.0. The van der Waals surface area contributed by atoms with Gasteiger partial charge in [-0.3, -0.25) is 4.31 Å². The lowest BCUT2D eigenvalue weighted by Crippen LogP contribution is -2.55. The van der Waals surface area contributed by atoms with E-state index in [0.29, 0.717) is 0 Å². The fraction of sp³-hybridized carbons (Fsp3) is 0.385. The Hall–Kier alpha value is -1.63. The van der Waals surface area contributed by atoms with Crippen molar-refractivity contribution in [3.05, 3.63) is 35.4 Å². The lowest BCUT2D eigenvalue weighted by atomic mass is 9.89. The van der Waals surface area contributed by atoms with Crippen molar-refractivity contribution in [3.8, 4) is 0 Å². The molecule has 2 N–H and O–H groups in total. The summed E-state index contributed by atoms with van der Waals surface area (Å²) in [5.74, 6) is 2.49. The number of nitrogens with zero attached hydrogens (tertiary/aromatic N) is 2. The van der Waals surface area contributed by atoms with Crippen LogP contribution in [-0.2, 0) is 15.2 Å². The fourth-order valence-electron chi connectivity index (χ4n) is 2.32. The summed E-state index contributed by atoms with van der Waals surface area (Å²) in [7, 11) is -1.27. The molecule has 0 saturated heterocycles. The van der Waals surface area contributed by atoms with E-state index in [1.54, 1.807) is 13.8 Å². The Kier molecular flexibility index (Phi) is 3.28. The number of hydrogen-bond donors (Lipinski definition) is 1. The first-order chi connectivity index (χ1) is 9.10. The van der Waals surface area contributed by atoms with Crippen LogP contribution in [0.5, 0.6) is 0 Å². The van der Waals surface area contributed by atoms with Crippen LogP contribution in [0.4, 0.5) is 8.78 Å². The highest BCUT2D eigenvalue weighted by Crippen LogP contribution is 2.38. The monoisotopic (exact) mass is 301 g/mol. The average Bonchev–Trinajstić information content (AvgIpc) is 2.37. The van der Waals surface area contributed by atoms with E-state index in [4.69, 9.17) is 5.73 Å². The topological polar surface area (TPSA) is 58.7 Å². The van der Waals surface area contributed by atoms with E-state index in [1.807, 2.05) is 0 Å². The molecule has 0 saturated carbocycles. The lowest BCUT2D eigenvalue weighted by molar-refractivity contribution is 0.422. The van der Waals surface area contributed by atoms with E-state index in [1.165, 1.54) is 11.4 Å². The maximum absolute atomic E-state index is 14.0. The molecular formula is C13H17F2N3OS. The third-order valence-corrected chi connectivity index (χ3v) is 6.63. The van der Waals surface area contributed by atoms with Crippen molar-refractivity contribution in [2.24, 2.45) is 10.7 Å². The average molecular weight is 301 g/mol. The van der Waals surface area contributed by atoms with Gasteiger partial charge in [-0.15, -0.1) is 0 Å². The molecule has 3 atom stereocenters. The quantitative estimate of drug-likeness (QED) is 0.798. The van der Waals surface area contributed by atoms with E-state index in [9.17, 15) is 13.0 Å². The number of rotatable bonds is 1. The summed E-state index contributed by atoms with van der Waals surface area (Å²) in [4.78, 5) is 4.24. The van der Waals surface area contributed by atoms with Crippen LogP contribution in [0.25, 0.3) is 0 Å². The van der Waals surface area contributed by atoms with Gasteiger partial charge in [0.1, 0.15) is 17.2 Å². The zero-order chi connectivity index (χ0) is 15.3. The number of nitrogens with two attached hydrogens (primary N) is 1. The van der Waals surface area contributed by atoms with Crippen molar-refractivity contribution in [2.75, 3.05) is 7.05 Å². The summed E-state index contributed by atoms with van der Waals surface area (Å²) >= 11 is 0. The van der Waals surface area contributed by atoms with Gasteiger partial charge in [0.15, 0.2) is 0 Å². The zero-order valence-electron chi connectivity index (χ0n) is 11.6. The molecule has 2 unspecified atom stereocenters. The van der Waals surface area contributed by atoms with Gasteiger partial charge >= 0.3 is 0 Å². The number of aliphatic imine (C=N–C) groups is 1. The Bertz CT molecular complexity index is 687. The van der Waals surface area contributed by atoms with Gasteiger partial charge in [0.25, 0.3) is 0 Å². The molecule has 0 radical (unpaired) electrons. The van der Waals surface area contributed by atoms with Gasteiger partial charge in [-0.1, -0.05) is 0 Å². The first-order valence-electron chi connectivity index (χ1n) is 6.01. The number of halogens is 2. The van der Waals surface area contributed by atoms with Gasteiger partial charge in [0, 0.05) is 12.6 Å². The molecule has 0 fully saturated rings. The molecular weight excluding hydrogens is 284 g/mol. The normalized spacial score (nSPS) is 34.0. The van der Waals surface area contributed by atoms with Crippen molar-refractivity contribution < 1.29 is 13.0 Å². The van der Waals surface area contributed by atoms with Crippen molar-refractivity contribution in [1.82, 2.24) is 4.31 Å². The first kappa shape index (κ1) is 14.8. The van der Waals surface area contributed by atoms with Crippen LogP contribution in [0.2, 0.25) is 0 Å². The second-order valence-corrected chi connectivity index (χ2v) is 7.71. The van der Waals surface area contributed by atoms with Gasteiger partial charge < -0.3 is 5.73 Å². The summed E-state index contributed by atoms with van der Waals surface area (Å²) in [5, 5.41) is -0.636. The summed E-state index contributed by atoms with van der Waals surface area (Å²) in [6, 6.07) is 3.11. The van der Waals surface area contributed by atoms with Crippen LogP contribution >= 0.6 is 0 Å². The van der Waals surface area contributed by atoms with Crippen molar-refractivity contribution in [1.29, 1.82) is 0 Å². The van der Waals surface area contributed by atoms with Crippen LogP contribution in [0.15, 0.2) is 23.2 Å². The summed E-state index contributed by atoms with van der Waals surface area (Å²) in [6.07, 6.45) is 0. The molecule has 20 heavy (non-hydrogen) atoms. The third kappa shape index (κ3) is 1.96. The van der Waals surface area contributed by atoms with Crippen LogP contribution in [0, 0.1) is 11.6 Å². The highest BCUT2D eigenvalue weighted by atomic mass is 32.2. The Labute approximate surface area is 117 Å². The summed E-state index contributed by atoms with van der Waals surface area (Å²) < 4.78 is 41.5. The van der Waals surface area contributed by atoms with Gasteiger partial charge in [-0.2, -0.15) is 0 Å². The molecule has 7 heteroatoms. The molecule has 1 aliphatic rings. The van der Waals surface area contributed by atoms with Crippen LogP contribution in [0.1, 0.15) is 19.4 Å². The molecule has 1 aromatic carbocycles. The molecule has 0 amide bonds. The van der Waals surface area contributed by atoms with Gasteiger partial charge in [0.05, 0.1) is 15.0 Å². The second-order valence-electron chi connectivity index (χ2n) is 5.07. The Morgan fingerprint density at radius 1 is 1.50 bits per heavy atom. The molecule has 0 bridgehead atoms.